The lowest BCUT2D eigenvalue weighted by atomic mass is 9.94. The summed E-state index contributed by atoms with van der Waals surface area (Å²) in [6, 6.07) is 0. The van der Waals surface area contributed by atoms with Crippen molar-refractivity contribution in [2.45, 2.75) is 84.2 Å². The smallest absolute Gasteiger partial charge is 0.309 e. The van der Waals surface area contributed by atoms with Crippen molar-refractivity contribution < 1.29 is 19.1 Å². The lowest BCUT2D eigenvalue weighted by Gasteiger charge is -2.24. The molecular weight excluding hydrogens is 292 g/mol. The molecule has 132 valence electrons. The van der Waals surface area contributed by atoms with Crippen LogP contribution in [0.5, 0.6) is 0 Å². The third-order valence-corrected chi connectivity index (χ3v) is 5.77. The highest BCUT2D eigenvalue weighted by atomic mass is 16.6. The third-order valence-electron chi connectivity index (χ3n) is 5.77. The molecule has 4 heteroatoms. The molecule has 0 amide bonds. The first-order valence-corrected chi connectivity index (χ1v) is 9.36. The van der Waals surface area contributed by atoms with Crippen molar-refractivity contribution in [2.75, 3.05) is 6.61 Å². The molecule has 0 N–H and O–H groups in total. The Bertz CT molecular complexity index is 412. The molecule has 2 saturated carbocycles. The minimum Gasteiger partial charge on any atom is -0.465 e. The van der Waals surface area contributed by atoms with Gasteiger partial charge >= 0.3 is 11.9 Å². The van der Waals surface area contributed by atoms with Crippen LogP contribution in [0.1, 0.15) is 78.6 Å². The molecule has 0 heterocycles. The zero-order valence-corrected chi connectivity index (χ0v) is 14.9. The maximum Gasteiger partial charge on any atom is 0.309 e. The van der Waals surface area contributed by atoms with E-state index in [0.717, 1.165) is 51.4 Å². The van der Waals surface area contributed by atoms with E-state index < -0.39 is 0 Å². The Kier molecular flexibility index (Phi) is 6.49. The van der Waals surface area contributed by atoms with Crippen molar-refractivity contribution in [1.82, 2.24) is 0 Å². The fourth-order valence-electron chi connectivity index (χ4n) is 4.21. The van der Waals surface area contributed by atoms with Gasteiger partial charge in [0.05, 0.1) is 12.3 Å². The first-order valence-electron chi connectivity index (χ1n) is 9.36. The van der Waals surface area contributed by atoms with Crippen molar-refractivity contribution in [1.29, 1.82) is 0 Å². The van der Waals surface area contributed by atoms with E-state index in [1.54, 1.807) is 0 Å². The van der Waals surface area contributed by atoms with Gasteiger partial charge in [-0.05, 0) is 57.3 Å². The monoisotopic (exact) mass is 324 g/mol. The molecule has 0 aliphatic heterocycles. The minimum absolute atomic E-state index is 0.0216. The highest BCUT2D eigenvalue weighted by Crippen LogP contribution is 2.40. The average molecular weight is 324 g/mol. The van der Waals surface area contributed by atoms with Crippen LogP contribution in [0.2, 0.25) is 0 Å². The minimum atomic E-state index is -0.297. The first-order chi connectivity index (χ1) is 11.0. The Balaban J connectivity index is 1.71. The maximum atomic E-state index is 12.3. The number of rotatable bonds is 7. The summed E-state index contributed by atoms with van der Waals surface area (Å²) >= 11 is 0. The van der Waals surface area contributed by atoms with Crippen LogP contribution < -0.4 is 0 Å². The molecule has 3 atom stereocenters. The summed E-state index contributed by atoms with van der Waals surface area (Å²) in [7, 11) is 0. The number of carbonyl (C=O) groups excluding carboxylic acids is 2. The zero-order chi connectivity index (χ0) is 16.9. The summed E-state index contributed by atoms with van der Waals surface area (Å²) in [5.74, 6) is 0.745. The second-order valence-corrected chi connectivity index (χ2v) is 7.57. The number of hydrogen-bond donors (Lipinski definition) is 0. The van der Waals surface area contributed by atoms with E-state index in [9.17, 15) is 9.59 Å². The van der Waals surface area contributed by atoms with E-state index in [1.807, 2.05) is 6.92 Å². The number of carbonyl (C=O) groups is 2. The normalized spacial score (nSPS) is 29.4. The van der Waals surface area contributed by atoms with Gasteiger partial charge in [0.1, 0.15) is 12.2 Å². The Morgan fingerprint density at radius 3 is 2.39 bits per heavy atom. The van der Waals surface area contributed by atoms with Crippen LogP contribution >= 0.6 is 0 Å². The predicted molar refractivity (Wildman–Crippen MR) is 88.8 cm³/mol. The highest BCUT2D eigenvalue weighted by molar-refractivity contribution is 5.74. The molecule has 2 aliphatic carbocycles. The average Bonchev–Trinajstić information content (AvgIpc) is 3.13. The van der Waals surface area contributed by atoms with Crippen molar-refractivity contribution in [3.05, 3.63) is 0 Å². The maximum absolute atomic E-state index is 12.3. The van der Waals surface area contributed by atoms with Crippen LogP contribution in [-0.2, 0) is 19.1 Å². The molecule has 2 rings (SSSR count). The lowest BCUT2D eigenvalue weighted by Crippen LogP contribution is -2.29. The molecule has 0 bridgehead atoms. The van der Waals surface area contributed by atoms with E-state index >= 15 is 0 Å². The Morgan fingerprint density at radius 1 is 1.09 bits per heavy atom. The fourth-order valence-corrected chi connectivity index (χ4v) is 4.21. The van der Waals surface area contributed by atoms with E-state index in [2.05, 4.69) is 13.8 Å². The van der Waals surface area contributed by atoms with Crippen molar-refractivity contribution in [2.24, 2.45) is 17.8 Å². The van der Waals surface area contributed by atoms with Crippen LogP contribution in [-0.4, -0.2) is 24.1 Å². The number of hydrogen-bond acceptors (Lipinski definition) is 4. The Morgan fingerprint density at radius 2 is 1.78 bits per heavy atom. The van der Waals surface area contributed by atoms with Crippen LogP contribution in [0.3, 0.4) is 0 Å². The summed E-state index contributed by atoms with van der Waals surface area (Å²) in [4.78, 5) is 24.2. The van der Waals surface area contributed by atoms with Crippen LogP contribution in [0, 0.1) is 17.8 Å². The summed E-state index contributed by atoms with van der Waals surface area (Å²) in [6.45, 7) is 6.48. The van der Waals surface area contributed by atoms with Gasteiger partial charge < -0.3 is 9.47 Å². The molecule has 23 heavy (non-hydrogen) atoms. The van der Waals surface area contributed by atoms with Crippen molar-refractivity contribution in [3.63, 3.8) is 0 Å². The lowest BCUT2D eigenvalue weighted by molar-refractivity contribution is -0.161. The molecule has 2 aliphatic rings. The number of ether oxygens (including phenoxy) is 2. The second-order valence-electron chi connectivity index (χ2n) is 7.57. The largest absolute Gasteiger partial charge is 0.465 e. The van der Waals surface area contributed by atoms with Gasteiger partial charge in [0.25, 0.3) is 0 Å². The molecular formula is C19H32O4. The highest BCUT2D eigenvalue weighted by Gasteiger charge is 2.38. The summed E-state index contributed by atoms with van der Waals surface area (Å²) in [5, 5.41) is 0. The second kappa shape index (κ2) is 8.16. The Hall–Kier alpha value is -1.06. The van der Waals surface area contributed by atoms with Crippen LogP contribution in [0.25, 0.3) is 0 Å². The van der Waals surface area contributed by atoms with Crippen molar-refractivity contribution >= 4 is 11.9 Å². The standard InChI is InChI=1S/C19H32O4/c1-4-14-12-15(5-2)16(13-14)18(21)22-11-8-17(20)23-19(3)9-6-7-10-19/h14-16H,4-13H2,1-3H3. The molecule has 3 unspecified atom stereocenters. The SMILES string of the molecule is CCC1CC(CC)C(C(=O)OCCC(=O)OC2(C)CCCC2)C1. The number of esters is 2. The molecule has 0 saturated heterocycles. The van der Waals surface area contributed by atoms with Crippen LogP contribution in [0.15, 0.2) is 0 Å². The molecule has 4 nitrogen and oxygen atoms in total. The molecule has 0 radical (unpaired) electrons. The van der Waals surface area contributed by atoms with E-state index in [4.69, 9.17) is 9.47 Å². The van der Waals surface area contributed by atoms with E-state index in [-0.39, 0.29) is 36.5 Å². The Labute approximate surface area is 140 Å². The van der Waals surface area contributed by atoms with Gasteiger partial charge in [-0.25, -0.2) is 0 Å². The quantitative estimate of drug-likeness (QED) is 0.657. The van der Waals surface area contributed by atoms with Gasteiger partial charge in [0, 0.05) is 0 Å². The van der Waals surface area contributed by atoms with Gasteiger partial charge in [0.15, 0.2) is 0 Å². The van der Waals surface area contributed by atoms with Gasteiger partial charge in [-0.2, -0.15) is 0 Å². The van der Waals surface area contributed by atoms with Gasteiger partial charge in [-0.15, -0.1) is 0 Å². The molecule has 0 aromatic rings. The first kappa shape index (κ1) is 18.3. The van der Waals surface area contributed by atoms with E-state index in [0.29, 0.717) is 11.8 Å². The fraction of sp³-hybridized carbons (Fsp3) is 0.895. The topological polar surface area (TPSA) is 52.6 Å². The summed E-state index contributed by atoms with van der Waals surface area (Å²) < 4.78 is 10.9. The van der Waals surface area contributed by atoms with E-state index in [1.165, 1.54) is 0 Å². The molecule has 0 aromatic carbocycles. The zero-order valence-electron chi connectivity index (χ0n) is 14.9. The molecule has 0 aromatic heterocycles. The van der Waals surface area contributed by atoms with Gasteiger partial charge in [0.2, 0.25) is 0 Å². The molecule has 0 spiro atoms. The summed E-state index contributed by atoms with van der Waals surface area (Å²) in [5.41, 5.74) is -0.297. The van der Waals surface area contributed by atoms with Gasteiger partial charge in [-0.3, -0.25) is 9.59 Å². The predicted octanol–water partition coefficient (Wildman–Crippen LogP) is 4.26. The van der Waals surface area contributed by atoms with Crippen LogP contribution in [0.4, 0.5) is 0 Å². The molecule has 2 fully saturated rings. The third kappa shape index (κ3) is 4.95. The van der Waals surface area contributed by atoms with Crippen molar-refractivity contribution in [3.8, 4) is 0 Å². The summed E-state index contributed by atoms with van der Waals surface area (Å²) in [6.07, 6.45) is 8.52. The van der Waals surface area contributed by atoms with Gasteiger partial charge in [-0.1, -0.05) is 26.7 Å².